The minimum Gasteiger partial charge on any atom is -0.444 e. The predicted molar refractivity (Wildman–Crippen MR) is 290 cm³/mol. The number of carbonyl (C=O) groups is 2. The Labute approximate surface area is 438 Å². The lowest BCUT2D eigenvalue weighted by atomic mass is 10.0. The number of aryl methyl sites for hydroxylation is 5. The molecule has 0 aliphatic heterocycles. The molecule has 3 heterocycles. The first-order valence-electron chi connectivity index (χ1n) is 23.8. The fraction of sp³-hybridized carbons (Fsp3) is 0.418. The number of nitrogens with zero attached hydrogens (tertiary/aromatic N) is 3. The van der Waals surface area contributed by atoms with Crippen molar-refractivity contribution in [2.75, 3.05) is 30.9 Å². The molecule has 73 heavy (non-hydrogen) atoms. The Morgan fingerprint density at radius 3 is 1.62 bits per heavy atom. The average Bonchev–Trinajstić information content (AvgIpc) is 3.73. The quantitative estimate of drug-likeness (QED) is 0.0960. The summed E-state index contributed by atoms with van der Waals surface area (Å²) in [5.41, 5.74) is 11.8. The van der Waals surface area contributed by atoms with Crippen LogP contribution in [-0.2, 0) is 61.4 Å². The molecule has 3 aromatic heterocycles. The fourth-order valence-corrected chi connectivity index (χ4v) is 9.15. The maximum Gasteiger partial charge on any atom is 0.407 e. The third-order valence-electron chi connectivity index (χ3n) is 11.2. The molecule has 2 aromatic carbocycles. The molecule has 0 atom stereocenters. The molecule has 1 aliphatic rings. The number of ether oxygens (including phenoxy) is 2. The van der Waals surface area contributed by atoms with E-state index >= 15 is 0 Å². The monoisotopic (exact) mass is 1110 g/mol. The summed E-state index contributed by atoms with van der Waals surface area (Å²) in [6, 6.07) is 22.2. The van der Waals surface area contributed by atoms with Crippen molar-refractivity contribution in [2.45, 2.75) is 129 Å². The second kappa shape index (κ2) is 26.0. The van der Waals surface area contributed by atoms with Crippen molar-refractivity contribution in [3.8, 4) is 0 Å². The van der Waals surface area contributed by atoms with Crippen LogP contribution in [0.4, 0.5) is 18.4 Å². The third-order valence-corrected chi connectivity index (χ3v) is 14.0. The molecule has 0 saturated carbocycles. The number of sulfone groups is 2. The molecule has 0 radical (unpaired) electrons. The van der Waals surface area contributed by atoms with Crippen LogP contribution in [0.15, 0.2) is 112 Å². The minimum absolute atomic E-state index is 0.0200. The molecule has 0 saturated heterocycles. The van der Waals surface area contributed by atoms with E-state index in [9.17, 15) is 35.2 Å². The summed E-state index contributed by atoms with van der Waals surface area (Å²) in [5, 5.41) is 5.10. The Hall–Kier alpha value is -5.72. The zero-order chi connectivity index (χ0) is 54.5. The molecule has 13 nitrogen and oxygen atoms in total. The van der Waals surface area contributed by atoms with Crippen LogP contribution in [0.1, 0.15) is 99.9 Å². The summed E-state index contributed by atoms with van der Waals surface area (Å²) >= 11 is 2.94. The summed E-state index contributed by atoms with van der Waals surface area (Å²) in [5.74, 6) is -0.699. The van der Waals surface area contributed by atoms with Crippen molar-refractivity contribution in [1.29, 1.82) is 0 Å². The van der Waals surface area contributed by atoms with Gasteiger partial charge in [0.15, 0.2) is 19.7 Å². The highest BCUT2D eigenvalue weighted by molar-refractivity contribution is 9.09. The van der Waals surface area contributed by atoms with Gasteiger partial charge in [-0.15, -0.1) is 0 Å². The van der Waals surface area contributed by atoms with Gasteiger partial charge in [-0.25, -0.2) is 35.2 Å². The summed E-state index contributed by atoms with van der Waals surface area (Å²) in [7, 11) is -6.36. The van der Waals surface area contributed by atoms with Gasteiger partial charge >= 0.3 is 12.2 Å². The van der Waals surface area contributed by atoms with E-state index < -0.39 is 43.1 Å². The predicted octanol–water partition coefficient (Wildman–Crippen LogP) is 11.7. The topological polar surface area (TPSA) is 176 Å². The summed E-state index contributed by atoms with van der Waals surface area (Å²) in [4.78, 5) is 32.9. The first kappa shape index (κ1) is 59.8. The van der Waals surface area contributed by atoms with Gasteiger partial charge in [-0.1, -0.05) is 51.8 Å². The van der Waals surface area contributed by atoms with Crippen LogP contribution >= 0.6 is 15.9 Å². The van der Waals surface area contributed by atoms with Crippen LogP contribution in [0.5, 0.6) is 0 Å². The van der Waals surface area contributed by atoms with Gasteiger partial charge in [-0.05, 0) is 184 Å². The Balaban J connectivity index is 0.000000266. The number of carbonyl (C=O) groups excluding carboxylic acids is 2. The number of hydrogen-bond acceptors (Lipinski definition) is 10. The van der Waals surface area contributed by atoms with Crippen molar-refractivity contribution in [2.24, 2.45) is 0 Å². The largest absolute Gasteiger partial charge is 0.444 e. The zero-order valence-corrected chi connectivity index (χ0v) is 47.2. The number of pyridine rings is 2. The Morgan fingerprint density at radius 2 is 1.14 bits per heavy atom. The van der Waals surface area contributed by atoms with E-state index in [1.807, 2.05) is 61.7 Å². The molecule has 6 rings (SSSR count). The third kappa shape index (κ3) is 19.6. The second-order valence-corrected chi connectivity index (χ2v) is 24.5. The molecule has 5 aromatic rings. The standard InChI is InChI=1S/C27H34FN3O4S.C19H21NO2S.C9H15BrFNO2/c1-18-7-14-24-25(30-18)23(13-10-20-8-11-22(12-9-20)36(6,33)34)19(2)31(24)17-21(28)15-16-29-26(32)35-27(3,4)5;1-13-12-16-8-4-14(2)20-19(16)18(13)11-7-15-5-9-17(10-6-15)23(3,21)22;1-9(2,3)14-8(13)12-5-4-7(11)6-10/h7-9,11-12,14-15H,10,13,16-17H2,1-6H3,(H,29,32);4-6,8-10H,7,11-12H2,1-3H3;4H,5-6H2,1-3H3,(H,12,13)/b21-15-;;7-4-. The van der Waals surface area contributed by atoms with Crippen LogP contribution in [0.3, 0.4) is 0 Å². The Kier molecular flexibility index (Phi) is 21.3. The van der Waals surface area contributed by atoms with Gasteiger partial charge in [0.1, 0.15) is 22.9 Å². The molecule has 0 bridgehead atoms. The smallest absolute Gasteiger partial charge is 0.407 e. The van der Waals surface area contributed by atoms with E-state index in [-0.39, 0.29) is 36.6 Å². The normalized spacial score (nSPS) is 13.1. The summed E-state index contributed by atoms with van der Waals surface area (Å²) < 4.78 is 85.8. The van der Waals surface area contributed by atoms with Gasteiger partial charge in [-0.3, -0.25) is 9.97 Å². The van der Waals surface area contributed by atoms with Gasteiger partial charge in [0, 0.05) is 42.7 Å². The van der Waals surface area contributed by atoms with Gasteiger partial charge in [0.05, 0.1) is 38.4 Å². The van der Waals surface area contributed by atoms with Crippen LogP contribution in [0.2, 0.25) is 0 Å². The first-order chi connectivity index (χ1) is 33.9. The lowest BCUT2D eigenvalue weighted by Gasteiger charge is -2.19. The number of halogens is 3. The number of aromatic nitrogens is 3. The van der Waals surface area contributed by atoms with Crippen LogP contribution < -0.4 is 10.6 Å². The van der Waals surface area contributed by atoms with Crippen molar-refractivity contribution >= 4 is 64.4 Å². The van der Waals surface area contributed by atoms with Crippen molar-refractivity contribution in [1.82, 2.24) is 25.2 Å². The van der Waals surface area contributed by atoms with E-state index in [4.69, 9.17) is 19.4 Å². The van der Waals surface area contributed by atoms with Gasteiger partial charge < -0.3 is 24.7 Å². The van der Waals surface area contributed by atoms with Gasteiger partial charge in [0.25, 0.3) is 0 Å². The molecule has 0 spiro atoms. The number of nitrogens with one attached hydrogen (secondary N) is 2. The van der Waals surface area contributed by atoms with Crippen LogP contribution in [-0.4, -0.2) is 85.7 Å². The Morgan fingerprint density at radius 1 is 0.671 bits per heavy atom. The number of rotatable bonds is 15. The maximum absolute atomic E-state index is 14.8. The summed E-state index contributed by atoms with van der Waals surface area (Å²) in [6.45, 7) is 18.8. The molecule has 2 N–H and O–H groups in total. The van der Waals surface area contributed by atoms with E-state index in [1.54, 1.807) is 65.8 Å². The second-order valence-electron chi connectivity index (χ2n) is 19.9. The molecular formula is C55H70BrF2N5O8S2. The van der Waals surface area contributed by atoms with Crippen molar-refractivity contribution < 1.29 is 44.7 Å². The fourth-order valence-electron chi connectivity index (χ4n) is 7.66. The molecular weight excluding hydrogens is 1040 g/mol. The van der Waals surface area contributed by atoms with Gasteiger partial charge in [0.2, 0.25) is 0 Å². The number of benzene rings is 2. The molecule has 0 unspecified atom stereocenters. The highest BCUT2D eigenvalue weighted by Crippen LogP contribution is 2.35. The minimum atomic E-state index is -3.24. The number of amides is 2. The van der Waals surface area contributed by atoms with E-state index in [1.165, 1.54) is 41.4 Å². The molecule has 396 valence electrons. The Bertz CT molecular complexity index is 3060. The molecule has 2 amide bonds. The molecule has 18 heteroatoms. The van der Waals surface area contributed by atoms with E-state index in [2.05, 4.69) is 45.6 Å². The van der Waals surface area contributed by atoms with E-state index in [0.29, 0.717) is 22.6 Å². The average molecular weight is 1110 g/mol. The molecule has 1 aliphatic carbocycles. The lowest BCUT2D eigenvalue weighted by molar-refractivity contribution is 0.0522. The summed E-state index contributed by atoms with van der Waals surface area (Å²) in [6.07, 6.45) is 8.09. The van der Waals surface area contributed by atoms with Crippen LogP contribution in [0, 0.1) is 20.8 Å². The number of allylic oxidation sites excluding steroid dienone is 4. The zero-order valence-electron chi connectivity index (χ0n) is 44.0. The SMILES string of the molecule is CC(C)(C)OC(=O)NC/C=C(\F)CBr.CC1=C(CCc2ccc(S(C)(=O)=O)cc2)c2nc(C)ccc2C1.Cc1ccc2c(n1)c(CCc1ccc(S(C)(=O)=O)cc1)c(C)n2C/C(F)=C/CNC(=O)OC(C)(C)C. The molecule has 0 fully saturated rings. The maximum atomic E-state index is 14.8. The number of alkyl carbamates (subject to hydrolysis) is 2. The first-order valence-corrected chi connectivity index (χ1v) is 28.7. The number of alkyl halides is 1. The number of hydrogen-bond donors (Lipinski definition) is 2. The highest BCUT2D eigenvalue weighted by atomic mass is 79.9. The number of fused-ring (bicyclic) bond motifs is 2. The van der Waals surface area contributed by atoms with Crippen molar-refractivity contribution in [3.63, 3.8) is 0 Å². The van der Waals surface area contributed by atoms with Crippen LogP contribution in [0.25, 0.3) is 16.6 Å². The highest BCUT2D eigenvalue weighted by Gasteiger charge is 2.22. The van der Waals surface area contributed by atoms with E-state index in [0.717, 1.165) is 69.8 Å². The van der Waals surface area contributed by atoms with Crippen molar-refractivity contribution in [3.05, 3.63) is 147 Å². The van der Waals surface area contributed by atoms with Gasteiger partial charge in [-0.2, -0.15) is 0 Å². The lowest BCUT2D eigenvalue weighted by Crippen LogP contribution is -2.32.